The van der Waals surface area contributed by atoms with Gasteiger partial charge in [0.05, 0.1) is 19.2 Å². The van der Waals surface area contributed by atoms with Crippen LogP contribution in [-0.2, 0) is 24.2 Å². The number of aromatic amines is 1. The van der Waals surface area contributed by atoms with Gasteiger partial charge in [-0.25, -0.2) is 4.98 Å². The van der Waals surface area contributed by atoms with Crippen molar-refractivity contribution >= 4 is 22.8 Å². The van der Waals surface area contributed by atoms with Crippen LogP contribution in [-0.4, -0.2) is 67.6 Å². The van der Waals surface area contributed by atoms with Gasteiger partial charge < -0.3 is 14.9 Å². The fraction of sp³-hybridized carbons (Fsp3) is 0.391. The normalized spacial score (nSPS) is 13.5. The number of H-pyrrole nitrogens is 1. The Morgan fingerprint density at radius 1 is 1.29 bits per heavy atom. The number of nitrogens with one attached hydrogen (secondary N) is 1. The van der Waals surface area contributed by atoms with Crippen LogP contribution in [0.5, 0.6) is 0 Å². The average molecular weight is 422 g/mol. The molecule has 1 aromatic carbocycles. The number of carbonyl (C=O) groups is 2. The Hall–Kier alpha value is -3.26. The fourth-order valence-corrected chi connectivity index (χ4v) is 4.14. The summed E-state index contributed by atoms with van der Waals surface area (Å²) >= 11 is 0. The van der Waals surface area contributed by atoms with Crippen LogP contribution in [0.15, 0.2) is 36.7 Å². The van der Waals surface area contributed by atoms with E-state index in [4.69, 9.17) is 0 Å². The first-order valence-corrected chi connectivity index (χ1v) is 10.6. The van der Waals surface area contributed by atoms with Gasteiger partial charge in [-0.1, -0.05) is 12.1 Å². The number of amides is 2. The van der Waals surface area contributed by atoms with E-state index in [0.29, 0.717) is 18.7 Å². The fourth-order valence-electron chi connectivity index (χ4n) is 4.14. The quantitative estimate of drug-likeness (QED) is 0.633. The molecule has 0 atom stereocenters. The third-order valence-electron chi connectivity index (χ3n) is 5.78. The topological polar surface area (TPSA) is 102 Å². The van der Waals surface area contributed by atoms with Gasteiger partial charge >= 0.3 is 0 Å². The highest BCUT2D eigenvalue weighted by molar-refractivity contribution is 5.95. The largest absolute Gasteiger partial charge is 0.395 e. The Labute approximate surface area is 180 Å². The first-order chi connectivity index (χ1) is 15.0. The lowest BCUT2D eigenvalue weighted by atomic mass is 9.98. The number of rotatable bonds is 6. The molecular formula is C23H27N5O3. The number of pyridine rings is 1. The van der Waals surface area contributed by atoms with Crippen molar-refractivity contribution < 1.29 is 14.7 Å². The maximum absolute atomic E-state index is 13.0. The minimum atomic E-state index is -0.138. The van der Waals surface area contributed by atoms with Gasteiger partial charge in [-0.15, -0.1) is 0 Å². The van der Waals surface area contributed by atoms with Gasteiger partial charge in [0.25, 0.3) is 5.91 Å². The summed E-state index contributed by atoms with van der Waals surface area (Å²) < 4.78 is 0. The summed E-state index contributed by atoms with van der Waals surface area (Å²) in [6.07, 6.45) is 4.61. The maximum atomic E-state index is 13.0. The van der Waals surface area contributed by atoms with Crippen molar-refractivity contribution in [2.45, 2.75) is 39.3 Å². The summed E-state index contributed by atoms with van der Waals surface area (Å²) in [6, 6.07) is 7.19. The number of aliphatic hydroxyl groups excluding tert-OH is 1. The summed E-state index contributed by atoms with van der Waals surface area (Å²) in [6.45, 7) is 5.21. The molecule has 0 aliphatic carbocycles. The predicted octanol–water partition coefficient (Wildman–Crippen LogP) is 1.93. The number of fused-ring (bicyclic) bond motifs is 3. The molecule has 1 aliphatic heterocycles. The van der Waals surface area contributed by atoms with Gasteiger partial charge in [-0.2, -0.15) is 5.10 Å². The van der Waals surface area contributed by atoms with Crippen molar-refractivity contribution in [3.63, 3.8) is 0 Å². The van der Waals surface area contributed by atoms with Crippen LogP contribution in [0.4, 0.5) is 0 Å². The molecule has 0 saturated carbocycles. The maximum Gasteiger partial charge on any atom is 0.254 e. The molecule has 8 nitrogen and oxygen atoms in total. The van der Waals surface area contributed by atoms with Gasteiger partial charge in [0, 0.05) is 42.8 Å². The van der Waals surface area contributed by atoms with Gasteiger partial charge in [-0.05, 0) is 49.1 Å². The molecule has 1 aliphatic rings. The molecule has 2 aromatic heterocycles. The highest BCUT2D eigenvalue weighted by atomic mass is 16.3. The number of carbonyl (C=O) groups excluding carboxylic acids is 2. The molecule has 0 bridgehead atoms. The van der Waals surface area contributed by atoms with E-state index in [1.165, 1.54) is 5.56 Å². The molecule has 2 amide bonds. The van der Waals surface area contributed by atoms with E-state index >= 15 is 0 Å². The second-order valence-electron chi connectivity index (χ2n) is 8.15. The molecule has 0 unspecified atom stereocenters. The van der Waals surface area contributed by atoms with Crippen molar-refractivity contribution in [1.82, 2.24) is 25.0 Å². The standard InChI is InChI=1S/C23H27N5O3/c1-15(2)28(8-9-29)23(31)17-5-3-4-16(10-17)11-21(30)27-7-6-19-18(14-27)12-24-22-20(19)13-25-26-22/h3-5,10,12-13,15,29H,6-9,11,14H2,1-2H3,(H,24,25,26). The Morgan fingerprint density at radius 3 is 2.90 bits per heavy atom. The van der Waals surface area contributed by atoms with E-state index < -0.39 is 0 Å². The van der Waals surface area contributed by atoms with Gasteiger partial charge in [-0.3, -0.25) is 14.7 Å². The summed E-state index contributed by atoms with van der Waals surface area (Å²) in [7, 11) is 0. The summed E-state index contributed by atoms with van der Waals surface area (Å²) in [5, 5.41) is 17.2. The van der Waals surface area contributed by atoms with E-state index in [-0.39, 0.29) is 37.4 Å². The molecule has 4 rings (SSSR count). The zero-order valence-electron chi connectivity index (χ0n) is 17.8. The van der Waals surface area contributed by atoms with Crippen molar-refractivity contribution in [3.05, 3.63) is 58.9 Å². The molecule has 3 aromatic rings. The monoisotopic (exact) mass is 421 g/mol. The highest BCUT2D eigenvalue weighted by Gasteiger charge is 2.24. The lowest BCUT2D eigenvalue weighted by Gasteiger charge is -2.29. The number of hydrogen-bond acceptors (Lipinski definition) is 5. The molecule has 2 N–H and O–H groups in total. The molecule has 31 heavy (non-hydrogen) atoms. The van der Waals surface area contributed by atoms with E-state index in [0.717, 1.165) is 28.6 Å². The number of benzene rings is 1. The Morgan fingerprint density at radius 2 is 2.13 bits per heavy atom. The minimum absolute atomic E-state index is 0.0198. The molecular weight excluding hydrogens is 394 g/mol. The first kappa shape index (κ1) is 21.0. The van der Waals surface area contributed by atoms with Crippen molar-refractivity contribution in [1.29, 1.82) is 0 Å². The van der Waals surface area contributed by atoms with Crippen LogP contribution < -0.4 is 0 Å². The van der Waals surface area contributed by atoms with E-state index in [1.807, 2.05) is 31.0 Å². The number of nitrogens with zero attached hydrogens (tertiary/aromatic N) is 4. The molecule has 0 radical (unpaired) electrons. The SMILES string of the molecule is CC(C)N(CCO)C(=O)c1cccc(CC(=O)N2CCc3c(cnc4[nH]ncc34)C2)c1. The highest BCUT2D eigenvalue weighted by Crippen LogP contribution is 2.25. The van der Waals surface area contributed by atoms with Crippen LogP contribution in [0, 0.1) is 0 Å². The van der Waals surface area contributed by atoms with Crippen LogP contribution in [0.25, 0.3) is 11.0 Å². The third kappa shape index (κ3) is 4.29. The molecule has 0 fully saturated rings. The molecule has 162 valence electrons. The minimum Gasteiger partial charge on any atom is -0.395 e. The number of aliphatic hydroxyl groups is 1. The second kappa shape index (κ2) is 8.85. The Bertz CT molecular complexity index is 1110. The van der Waals surface area contributed by atoms with Crippen LogP contribution in [0.2, 0.25) is 0 Å². The summed E-state index contributed by atoms with van der Waals surface area (Å²) in [4.78, 5) is 33.7. The van der Waals surface area contributed by atoms with Crippen LogP contribution in [0.1, 0.15) is 40.9 Å². The zero-order valence-corrected chi connectivity index (χ0v) is 17.8. The average Bonchev–Trinajstić information content (AvgIpc) is 3.26. The smallest absolute Gasteiger partial charge is 0.254 e. The summed E-state index contributed by atoms with van der Waals surface area (Å²) in [5.41, 5.74) is 4.36. The lowest BCUT2D eigenvalue weighted by Crippen LogP contribution is -2.39. The number of hydrogen-bond donors (Lipinski definition) is 2. The Kier molecular flexibility index (Phi) is 5.99. The van der Waals surface area contributed by atoms with Crippen molar-refractivity contribution in [3.8, 4) is 0 Å². The van der Waals surface area contributed by atoms with E-state index in [9.17, 15) is 14.7 Å². The second-order valence-corrected chi connectivity index (χ2v) is 8.15. The molecule has 0 saturated heterocycles. The van der Waals surface area contributed by atoms with Gasteiger partial charge in [0.1, 0.15) is 0 Å². The van der Waals surface area contributed by atoms with E-state index in [2.05, 4.69) is 15.2 Å². The predicted molar refractivity (Wildman–Crippen MR) is 116 cm³/mol. The van der Waals surface area contributed by atoms with Gasteiger partial charge in [0.15, 0.2) is 5.65 Å². The van der Waals surface area contributed by atoms with Crippen LogP contribution in [0.3, 0.4) is 0 Å². The Balaban J connectivity index is 1.46. The summed E-state index contributed by atoms with van der Waals surface area (Å²) in [5.74, 6) is -0.112. The van der Waals surface area contributed by atoms with E-state index in [1.54, 1.807) is 29.3 Å². The van der Waals surface area contributed by atoms with Crippen molar-refractivity contribution in [2.75, 3.05) is 19.7 Å². The van der Waals surface area contributed by atoms with Gasteiger partial charge in [0.2, 0.25) is 5.91 Å². The van der Waals surface area contributed by atoms with Crippen LogP contribution >= 0.6 is 0 Å². The zero-order chi connectivity index (χ0) is 22.0. The lowest BCUT2D eigenvalue weighted by molar-refractivity contribution is -0.131. The molecule has 0 spiro atoms. The third-order valence-corrected chi connectivity index (χ3v) is 5.78. The molecule has 3 heterocycles. The van der Waals surface area contributed by atoms with Crippen molar-refractivity contribution in [2.24, 2.45) is 0 Å². The molecule has 8 heteroatoms. The number of aromatic nitrogens is 3. The first-order valence-electron chi connectivity index (χ1n) is 10.6.